The number of pyridine rings is 1. The summed E-state index contributed by atoms with van der Waals surface area (Å²) in [6.07, 6.45) is 8.25. The number of thiophene rings is 1. The molecule has 5 nitrogen and oxygen atoms in total. The van der Waals surface area contributed by atoms with E-state index in [-0.39, 0.29) is 11.5 Å². The summed E-state index contributed by atoms with van der Waals surface area (Å²) < 4.78 is 2.89. The van der Waals surface area contributed by atoms with Crippen LogP contribution in [0.5, 0.6) is 0 Å². The summed E-state index contributed by atoms with van der Waals surface area (Å²) in [6.45, 7) is 1.93. The van der Waals surface area contributed by atoms with Gasteiger partial charge in [-0.2, -0.15) is 0 Å². The van der Waals surface area contributed by atoms with Gasteiger partial charge in [-0.15, -0.1) is 22.7 Å². The molecule has 1 saturated carbocycles. The van der Waals surface area contributed by atoms with Crippen LogP contribution in [0, 0.1) is 12.8 Å². The van der Waals surface area contributed by atoms with Gasteiger partial charge in [0.2, 0.25) is 5.91 Å². The van der Waals surface area contributed by atoms with Crippen LogP contribution in [0.15, 0.2) is 58.8 Å². The second-order valence-electron chi connectivity index (χ2n) is 8.82. The van der Waals surface area contributed by atoms with E-state index in [2.05, 4.69) is 28.5 Å². The number of nitrogens with zero attached hydrogens (tertiary/aromatic N) is 2. The molecule has 1 N–H and O–H groups in total. The lowest BCUT2D eigenvalue weighted by atomic mass is 9.84. The van der Waals surface area contributed by atoms with Crippen molar-refractivity contribution in [2.75, 3.05) is 5.32 Å². The largest absolute Gasteiger partial charge is 0.300 e. The highest BCUT2D eigenvalue weighted by atomic mass is 32.1. The van der Waals surface area contributed by atoms with E-state index in [4.69, 9.17) is 0 Å². The van der Waals surface area contributed by atoms with Crippen LogP contribution < -0.4 is 10.9 Å². The summed E-state index contributed by atoms with van der Waals surface area (Å²) in [7, 11) is 0. The Morgan fingerprint density at radius 3 is 2.73 bits per heavy atom. The van der Waals surface area contributed by atoms with Gasteiger partial charge >= 0.3 is 0 Å². The van der Waals surface area contributed by atoms with E-state index < -0.39 is 6.04 Å². The fourth-order valence-electron chi connectivity index (χ4n) is 4.92. The highest BCUT2D eigenvalue weighted by Crippen LogP contribution is 2.35. The van der Waals surface area contributed by atoms with E-state index in [9.17, 15) is 9.59 Å². The van der Waals surface area contributed by atoms with Crippen LogP contribution in [0.1, 0.15) is 50.3 Å². The normalized spacial score (nSPS) is 15.5. The number of aryl methyl sites for hydroxylation is 1. The number of nitrogens with one attached hydrogen (secondary N) is 1. The number of fused-ring (bicyclic) bond motifs is 1. The van der Waals surface area contributed by atoms with Crippen LogP contribution in [0.3, 0.4) is 0 Å². The zero-order chi connectivity index (χ0) is 22.8. The molecule has 1 aliphatic rings. The Bertz CT molecular complexity index is 1280. The molecule has 4 aromatic rings. The summed E-state index contributed by atoms with van der Waals surface area (Å²) in [5, 5.41) is 6.52. The zero-order valence-electron chi connectivity index (χ0n) is 18.6. The molecule has 0 unspecified atom stereocenters. The molecule has 1 atom stereocenters. The Hall–Kier alpha value is -2.77. The summed E-state index contributed by atoms with van der Waals surface area (Å²) in [4.78, 5) is 32.0. The van der Waals surface area contributed by atoms with Crippen LogP contribution in [0.4, 0.5) is 5.13 Å². The Morgan fingerprint density at radius 1 is 1.18 bits per heavy atom. The highest BCUT2D eigenvalue weighted by Gasteiger charge is 2.28. The minimum absolute atomic E-state index is 0.127. The SMILES string of the molecule is Cc1cc(-c2cc3ccccc3s2)cc(=O)n1[C@@H](CC1CCCCC1)C(=O)Nc1nccs1. The average Bonchev–Trinajstić information content (AvgIpc) is 3.48. The number of carbonyl (C=O) groups is 1. The number of anilines is 1. The fourth-order valence-corrected chi connectivity index (χ4v) is 6.50. The second-order valence-corrected chi connectivity index (χ2v) is 10.8. The number of rotatable bonds is 6. The molecule has 170 valence electrons. The van der Waals surface area contributed by atoms with Gasteiger partial charge in [0.15, 0.2) is 5.13 Å². The first-order valence-corrected chi connectivity index (χ1v) is 13.2. The van der Waals surface area contributed by atoms with Crippen molar-refractivity contribution in [3.8, 4) is 10.4 Å². The molecule has 1 aliphatic carbocycles. The molecule has 0 spiro atoms. The molecule has 5 rings (SSSR count). The fraction of sp³-hybridized carbons (Fsp3) is 0.346. The van der Waals surface area contributed by atoms with Gasteiger partial charge in [-0.25, -0.2) is 4.98 Å². The number of carbonyl (C=O) groups excluding carboxylic acids is 1. The molecule has 1 aromatic carbocycles. The van der Waals surface area contributed by atoms with Crippen molar-refractivity contribution >= 4 is 43.8 Å². The molecule has 1 fully saturated rings. The van der Waals surface area contributed by atoms with Gasteiger partial charge in [-0.3, -0.25) is 9.59 Å². The molecule has 1 amide bonds. The van der Waals surface area contributed by atoms with Gasteiger partial charge < -0.3 is 9.88 Å². The summed E-state index contributed by atoms with van der Waals surface area (Å²) in [5.74, 6) is 0.301. The number of amides is 1. The van der Waals surface area contributed by atoms with Gasteiger partial charge in [0.05, 0.1) is 0 Å². The second kappa shape index (κ2) is 9.61. The molecule has 33 heavy (non-hydrogen) atoms. The van der Waals surface area contributed by atoms with E-state index >= 15 is 0 Å². The van der Waals surface area contributed by atoms with Crippen molar-refractivity contribution in [3.05, 3.63) is 70.1 Å². The number of benzene rings is 1. The number of aromatic nitrogens is 2. The van der Waals surface area contributed by atoms with Crippen molar-refractivity contribution in [1.82, 2.24) is 9.55 Å². The maximum atomic E-state index is 13.4. The van der Waals surface area contributed by atoms with Gasteiger partial charge in [0, 0.05) is 32.9 Å². The quantitative estimate of drug-likeness (QED) is 0.338. The van der Waals surface area contributed by atoms with Crippen LogP contribution in [-0.2, 0) is 4.79 Å². The zero-order valence-corrected chi connectivity index (χ0v) is 20.3. The van der Waals surface area contributed by atoms with Gasteiger partial charge in [-0.05, 0) is 48.4 Å². The first-order chi connectivity index (χ1) is 16.1. The molecule has 3 aromatic heterocycles. The predicted octanol–water partition coefficient (Wildman–Crippen LogP) is 6.65. The first kappa shape index (κ1) is 22.0. The van der Waals surface area contributed by atoms with Gasteiger partial charge in [0.25, 0.3) is 5.56 Å². The molecular formula is C26H27N3O2S2. The Kier molecular flexibility index (Phi) is 6.42. The lowest BCUT2D eigenvalue weighted by Crippen LogP contribution is -2.36. The smallest absolute Gasteiger partial charge is 0.252 e. The summed E-state index contributed by atoms with van der Waals surface area (Å²) in [5.41, 5.74) is 1.59. The van der Waals surface area contributed by atoms with E-state index in [1.165, 1.54) is 40.7 Å². The molecule has 0 saturated heterocycles. The van der Waals surface area contributed by atoms with Crippen LogP contribution >= 0.6 is 22.7 Å². The van der Waals surface area contributed by atoms with Crippen LogP contribution in [-0.4, -0.2) is 15.5 Å². The van der Waals surface area contributed by atoms with Crippen molar-refractivity contribution in [3.63, 3.8) is 0 Å². The topological polar surface area (TPSA) is 64.0 Å². The van der Waals surface area contributed by atoms with E-state index in [0.717, 1.165) is 29.0 Å². The number of thiazole rings is 1. The maximum Gasteiger partial charge on any atom is 0.252 e. The van der Waals surface area contributed by atoms with E-state index in [1.54, 1.807) is 28.2 Å². The van der Waals surface area contributed by atoms with Gasteiger partial charge in [-0.1, -0.05) is 50.3 Å². The monoisotopic (exact) mass is 477 g/mol. The van der Waals surface area contributed by atoms with Crippen LogP contribution in [0.2, 0.25) is 0 Å². The molecule has 0 aliphatic heterocycles. The Labute approximate surface area is 201 Å². The third-order valence-electron chi connectivity index (χ3n) is 6.53. The lowest BCUT2D eigenvalue weighted by Gasteiger charge is -2.28. The molecule has 3 heterocycles. The summed E-state index contributed by atoms with van der Waals surface area (Å²) in [6, 6.07) is 13.6. The number of hydrogen-bond acceptors (Lipinski definition) is 5. The van der Waals surface area contributed by atoms with Crippen LogP contribution in [0.25, 0.3) is 20.5 Å². The maximum absolute atomic E-state index is 13.4. The Balaban J connectivity index is 1.50. The molecule has 0 radical (unpaired) electrons. The van der Waals surface area contributed by atoms with Crippen molar-refractivity contribution in [1.29, 1.82) is 0 Å². The average molecular weight is 478 g/mol. The van der Waals surface area contributed by atoms with Gasteiger partial charge in [0.1, 0.15) is 6.04 Å². The minimum Gasteiger partial charge on any atom is -0.300 e. The molecular weight excluding hydrogens is 450 g/mol. The predicted molar refractivity (Wildman–Crippen MR) is 137 cm³/mol. The number of hydrogen-bond donors (Lipinski definition) is 1. The van der Waals surface area contributed by atoms with E-state index in [1.807, 2.05) is 30.5 Å². The van der Waals surface area contributed by atoms with Crippen molar-refractivity contribution < 1.29 is 4.79 Å². The standard InChI is InChI=1S/C26H27N3O2S2/c1-17-13-20(23-15-19-9-5-6-10-22(19)33-23)16-24(30)29(17)21(14-18-7-3-2-4-8-18)25(31)28-26-27-11-12-32-26/h5-6,9-13,15-16,18,21H,2-4,7-8,14H2,1H3,(H,27,28,31)/t21-/m0/s1. The highest BCUT2D eigenvalue weighted by molar-refractivity contribution is 7.22. The van der Waals surface area contributed by atoms with Crippen molar-refractivity contribution in [2.24, 2.45) is 5.92 Å². The molecule has 0 bridgehead atoms. The molecule has 7 heteroatoms. The summed E-state index contributed by atoms with van der Waals surface area (Å²) >= 11 is 3.08. The van der Waals surface area contributed by atoms with Crippen molar-refractivity contribution in [2.45, 2.75) is 51.5 Å². The lowest BCUT2D eigenvalue weighted by molar-refractivity contribution is -0.120. The van der Waals surface area contributed by atoms with E-state index in [0.29, 0.717) is 17.5 Å². The first-order valence-electron chi connectivity index (χ1n) is 11.5. The third-order valence-corrected chi connectivity index (χ3v) is 8.38. The third kappa shape index (κ3) is 4.80. The minimum atomic E-state index is -0.541. The Morgan fingerprint density at radius 2 is 2.00 bits per heavy atom.